The van der Waals surface area contributed by atoms with Crippen LogP contribution in [0.15, 0.2) is 58.4 Å². The van der Waals surface area contributed by atoms with Gasteiger partial charge in [0.05, 0.1) is 16.1 Å². The number of benzene rings is 2. The number of nitrogens with zero attached hydrogens (tertiary/aromatic N) is 2. The number of carbonyl (C=O) groups is 1. The number of halogens is 1. The highest BCUT2D eigenvalue weighted by Gasteiger charge is 2.31. The molecule has 2 aromatic carbocycles. The number of anilines is 1. The summed E-state index contributed by atoms with van der Waals surface area (Å²) in [5.41, 5.74) is 5.22. The molecule has 2 aromatic rings. The fraction of sp³-hybridized carbons (Fsp3) is 0.280. The van der Waals surface area contributed by atoms with Crippen molar-refractivity contribution < 1.29 is 9.18 Å². The number of thioether (sulfide) groups is 1. The Balaban J connectivity index is 1.62. The molecule has 0 bridgehead atoms. The summed E-state index contributed by atoms with van der Waals surface area (Å²) in [6.07, 6.45) is 5.28. The van der Waals surface area contributed by atoms with Crippen LogP contribution in [0.1, 0.15) is 45.2 Å². The third-order valence-corrected chi connectivity index (χ3v) is 6.36. The van der Waals surface area contributed by atoms with Crippen LogP contribution in [-0.4, -0.2) is 23.2 Å². The lowest BCUT2D eigenvalue weighted by molar-refractivity contribution is -0.115. The molecule has 0 aromatic heterocycles. The summed E-state index contributed by atoms with van der Waals surface area (Å²) < 4.78 is 13.1. The van der Waals surface area contributed by atoms with Crippen LogP contribution in [0.2, 0.25) is 0 Å². The van der Waals surface area contributed by atoms with E-state index in [0.29, 0.717) is 15.8 Å². The van der Waals surface area contributed by atoms with Crippen LogP contribution in [-0.2, 0) is 4.79 Å². The Bertz CT molecular complexity index is 1120. The Morgan fingerprint density at radius 2 is 1.94 bits per heavy atom. The number of rotatable bonds is 4. The number of carbonyl (C=O) groups excluding carboxylic acids is 1. The van der Waals surface area contributed by atoms with Crippen LogP contribution in [0.25, 0.3) is 11.6 Å². The van der Waals surface area contributed by atoms with Gasteiger partial charge >= 0.3 is 0 Å². The van der Waals surface area contributed by atoms with E-state index in [2.05, 4.69) is 67.2 Å². The van der Waals surface area contributed by atoms with Gasteiger partial charge in [0.2, 0.25) is 0 Å². The number of aliphatic imine (C=N–C) groups is 1. The monoisotopic (exact) mass is 435 g/mol. The highest BCUT2D eigenvalue weighted by molar-refractivity contribution is 8.18. The Labute approximate surface area is 186 Å². The minimum Gasteiger partial charge on any atom is -0.362 e. The largest absolute Gasteiger partial charge is 0.362 e. The number of fused-ring (bicyclic) bond motifs is 1. The van der Waals surface area contributed by atoms with Crippen molar-refractivity contribution in [2.45, 2.75) is 39.7 Å². The molecule has 1 amide bonds. The zero-order chi connectivity index (χ0) is 22.2. The van der Waals surface area contributed by atoms with E-state index in [1.165, 1.54) is 40.7 Å². The molecule has 2 heterocycles. The number of amidine groups is 1. The summed E-state index contributed by atoms with van der Waals surface area (Å²) in [7, 11) is 0. The molecule has 0 saturated carbocycles. The van der Waals surface area contributed by atoms with E-state index in [1.54, 1.807) is 12.1 Å². The summed E-state index contributed by atoms with van der Waals surface area (Å²) in [5.74, 6) is -0.491. The molecule has 1 saturated heterocycles. The molecule has 4 nitrogen and oxygen atoms in total. The lowest BCUT2D eigenvalue weighted by Gasteiger charge is -2.43. The summed E-state index contributed by atoms with van der Waals surface area (Å²) in [6.45, 7) is 9.82. The van der Waals surface area contributed by atoms with Crippen molar-refractivity contribution in [2.75, 3.05) is 11.4 Å². The first-order valence-corrected chi connectivity index (χ1v) is 11.2. The summed E-state index contributed by atoms with van der Waals surface area (Å²) in [6, 6.07) is 12.2. The van der Waals surface area contributed by atoms with Crippen molar-refractivity contribution in [2.24, 2.45) is 4.99 Å². The standard InChI is InChI=1S/C25H26FN3OS/c1-5-12-29-21-11-6-17(13-20(21)16(2)15-25(29,3)4)14-22-23(30)28-24(31-22)27-19-9-7-18(26)8-10-19/h6-11,13-15H,5,12H2,1-4H3,(H,27,28,30)/b22-14+. The molecule has 31 heavy (non-hydrogen) atoms. The zero-order valence-corrected chi connectivity index (χ0v) is 19.0. The van der Waals surface area contributed by atoms with Gasteiger partial charge in [0.15, 0.2) is 5.17 Å². The molecular weight excluding hydrogens is 409 g/mol. The highest BCUT2D eigenvalue weighted by Crippen LogP contribution is 2.40. The predicted molar refractivity (Wildman–Crippen MR) is 129 cm³/mol. The number of amides is 1. The molecular formula is C25H26FN3OS. The summed E-state index contributed by atoms with van der Waals surface area (Å²) in [4.78, 5) is 19.9. The molecule has 6 heteroatoms. The third-order valence-electron chi connectivity index (χ3n) is 5.45. The second-order valence-electron chi connectivity index (χ2n) is 8.37. The third kappa shape index (κ3) is 4.44. The number of hydrogen-bond acceptors (Lipinski definition) is 4. The van der Waals surface area contributed by atoms with Crippen LogP contribution >= 0.6 is 11.8 Å². The van der Waals surface area contributed by atoms with E-state index in [9.17, 15) is 9.18 Å². The smallest absolute Gasteiger partial charge is 0.264 e. The van der Waals surface area contributed by atoms with E-state index in [0.717, 1.165) is 18.5 Å². The molecule has 0 radical (unpaired) electrons. The van der Waals surface area contributed by atoms with Crippen molar-refractivity contribution in [3.8, 4) is 0 Å². The summed E-state index contributed by atoms with van der Waals surface area (Å²) >= 11 is 1.29. The van der Waals surface area contributed by atoms with Crippen LogP contribution in [0.4, 0.5) is 15.8 Å². The lowest BCUT2D eigenvalue weighted by Crippen LogP contribution is -2.45. The minimum absolute atomic E-state index is 0.0278. The Kier molecular flexibility index (Phi) is 5.75. The highest BCUT2D eigenvalue weighted by atomic mass is 32.2. The Morgan fingerprint density at radius 3 is 2.65 bits per heavy atom. The van der Waals surface area contributed by atoms with Gasteiger partial charge in [-0.2, -0.15) is 0 Å². The van der Waals surface area contributed by atoms with Crippen molar-refractivity contribution in [3.05, 3.63) is 70.4 Å². The molecule has 0 atom stereocenters. The second-order valence-corrected chi connectivity index (χ2v) is 9.40. The molecule has 4 rings (SSSR count). The van der Waals surface area contributed by atoms with Gasteiger partial charge in [-0.3, -0.25) is 4.79 Å². The van der Waals surface area contributed by atoms with Gasteiger partial charge in [0.1, 0.15) is 5.82 Å². The molecule has 0 aliphatic carbocycles. The average molecular weight is 436 g/mol. The molecule has 2 aliphatic rings. The van der Waals surface area contributed by atoms with Gasteiger partial charge in [0.25, 0.3) is 5.91 Å². The molecule has 0 unspecified atom stereocenters. The van der Waals surface area contributed by atoms with Gasteiger partial charge in [0, 0.05) is 17.8 Å². The second kappa shape index (κ2) is 8.35. The van der Waals surface area contributed by atoms with Crippen LogP contribution in [0.3, 0.4) is 0 Å². The molecule has 160 valence electrons. The molecule has 1 fully saturated rings. The topological polar surface area (TPSA) is 44.7 Å². The van der Waals surface area contributed by atoms with E-state index < -0.39 is 0 Å². The quantitative estimate of drug-likeness (QED) is 0.588. The van der Waals surface area contributed by atoms with Crippen LogP contribution < -0.4 is 10.2 Å². The van der Waals surface area contributed by atoms with Gasteiger partial charge in [-0.1, -0.05) is 19.1 Å². The lowest BCUT2D eigenvalue weighted by atomic mass is 9.88. The fourth-order valence-corrected chi connectivity index (χ4v) is 4.93. The number of allylic oxidation sites excluding steroid dienone is 1. The van der Waals surface area contributed by atoms with Gasteiger partial charge in [-0.05, 0) is 92.6 Å². The van der Waals surface area contributed by atoms with Crippen molar-refractivity contribution >= 4 is 45.9 Å². The number of nitrogens with one attached hydrogen (secondary N) is 1. The first-order valence-electron chi connectivity index (χ1n) is 10.4. The van der Waals surface area contributed by atoms with Crippen molar-refractivity contribution in [1.82, 2.24) is 5.32 Å². The molecule has 1 N–H and O–H groups in total. The zero-order valence-electron chi connectivity index (χ0n) is 18.2. The maximum absolute atomic E-state index is 13.1. The van der Waals surface area contributed by atoms with Gasteiger partial charge < -0.3 is 10.2 Å². The Hall–Kier alpha value is -2.86. The first-order chi connectivity index (χ1) is 14.8. The van der Waals surface area contributed by atoms with Crippen molar-refractivity contribution in [3.63, 3.8) is 0 Å². The molecule has 0 spiro atoms. The van der Waals surface area contributed by atoms with Gasteiger partial charge in [-0.25, -0.2) is 9.38 Å². The summed E-state index contributed by atoms with van der Waals surface area (Å²) in [5, 5.41) is 3.28. The molecule has 2 aliphatic heterocycles. The maximum atomic E-state index is 13.1. The first kappa shape index (κ1) is 21.4. The van der Waals surface area contributed by atoms with E-state index in [4.69, 9.17) is 0 Å². The van der Waals surface area contributed by atoms with E-state index in [1.807, 2.05) is 6.08 Å². The number of hydrogen-bond donors (Lipinski definition) is 1. The van der Waals surface area contributed by atoms with E-state index >= 15 is 0 Å². The maximum Gasteiger partial charge on any atom is 0.264 e. The fourth-order valence-electron chi connectivity index (χ4n) is 4.09. The van der Waals surface area contributed by atoms with Crippen molar-refractivity contribution in [1.29, 1.82) is 0 Å². The van der Waals surface area contributed by atoms with Crippen LogP contribution in [0.5, 0.6) is 0 Å². The SMILES string of the molecule is CCCN1c2ccc(/C=C3/SC(=Nc4ccc(F)cc4)NC3=O)cc2C(C)=CC1(C)C. The van der Waals surface area contributed by atoms with Gasteiger partial charge in [-0.15, -0.1) is 0 Å². The normalized spacial score (nSPS) is 20.1. The Morgan fingerprint density at radius 1 is 1.19 bits per heavy atom. The average Bonchev–Trinajstić information content (AvgIpc) is 3.05. The van der Waals surface area contributed by atoms with E-state index in [-0.39, 0.29) is 17.3 Å². The van der Waals surface area contributed by atoms with Crippen LogP contribution in [0, 0.1) is 5.82 Å². The predicted octanol–water partition coefficient (Wildman–Crippen LogP) is 6.13. The minimum atomic E-state index is -0.315.